The molecular weight excluding hydrogens is 272 g/mol. The van der Waals surface area contributed by atoms with E-state index in [1.54, 1.807) is 14.0 Å². The van der Waals surface area contributed by atoms with Crippen LogP contribution in [0, 0.1) is 24.7 Å². The van der Waals surface area contributed by atoms with Crippen molar-refractivity contribution in [3.05, 3.63) is 11.6 Å². The number of carboxylic acids is 1. The zero-order chi connectivity index (χ0) is 15.6. The molecule has 1 saturated carbocycles. The average Bonchev–Trinajstić information content (AvgIpc) is 3.04. The molecule has 1 amide bonds. The van der Waals surface area contributed by atoms with Crippen molar-refractivity contribution >= 4 is 11.9 Å². The predicted molar refractivity (Wildman–Crippen MR) is 75.2 cm³/mol. The minimum absolute atomic E-state index is 0.124. The third-order valence-electron chi connectivity index (χ3n) is 4.27. The van der Waals surface area contributed by atoms with Crippen molar-refractivity contribution in [2.45, 2.75) is 39.7 Å². The van der Waals surface area contributed by atoms with Crippen LogP contribution in [0.4, 0.5) is 0 Å². The van der Waals surface area contributed by atoms with E-state index >= 15 is 0 Å². The van der Waals surface area contributed by atoms with Gasteiger partial charge in [0.05, 0.1) is 18.4 Å². The van der Waals surface area contributed by atoms with E-state index in [1.165, 1.54) is 4.90 Å². The quantitative estimate of drug-likeness (QED) is 0.850. The van der Waals surface area contributed by atoms with Crippen LogP contribution in [-0.4, -0.2) is 44.1 Å². The summed E-state index contributed by atoms with van der Waals surface area (Å²) in [7, 11) is 1.67. The maximum Gasteiger partial charge on any atom is 0.307 e. The summed E-state index contributed by atoms with van der Waals surface area (Å²) in [5.41, 5.74) is 0. The normalized spacial score (nSPS) is 25.0. The molecule has 1 aromatic rings. The number of hydrogen-bond acceptors (Lipinski definition) is 4. The summed E-state index contributed by atoms with van der Waals surface area (Å²) in [6.45, 7) is 4.13. The zero-order valence-electron chi connectivity index (χ0n) is 12.7. The highest BCUT2D eigenvalue weighted by Crippen LogP contribution is 2.39. The van der Waals surface area contributed by atoms with Gasteiger partial charge in [0.2, 0.25) is 5.91 Å². The van der Waals surface area contributed by atoms with Crippen LogP contribution < -0.4 is 0 Å². The topological polar surface area (TPSA) is 99.2 Å². The Hall–Kier alpha value is -1.92. The number of amides is 1. The first-order valence-electron chi connectivity index (χ1n) is 7.28. The molecule has 1 aliphatic rings. The number of hydrogen-bond donors (Lipinski definition) is 2. The molecule has 2 rings (SSSR count). The summed E-state index contributed by atoms with van der Waals surface area (Å²) in [6.07, 6.45) is 2.16. The maximum absolute atomic E-state index is 12.5. The lowest BCUT2D eigenvalue weighted by atomic mass is 9.95. The molecule has 1 aromatic heterocycles. The van der Waals surface area contributed by atoms with E-state index in [0.29, 0.717) is 37.0 Å². The lowest BCUT2D eigenvalue weighted by Crippen LogP contribution is -2.36. The first-order chi connectivity index (χ1) is 9.92. The van der Waals surface area contributed by atoms with Gasteiger partial charge in [0.1, 0.15) is 5.82 Å². The van der Waals surface area contributed by atoms with E-state index in [2.05, 4.69) is 15.2 Å². The van der Waals surface area contributed by atoms with E-state index in [-0.39, 0.29) is 5.91 Å². The van der Waals surface area contributed by atoms with E-state index in [0.717, 1.165) is 6.42 Å². The van der Waals surface area contributed by atoms with E-state index in [9.17, 15) is 14.7 Å². The molecule has 1 aliphatic carbocycles. The van der Waals surface area contributed by atoms with Crippen LogP contribution in [-0.2, 0) is 16.1 Å². The average molecular weight is 294 g/mol. The number of carbonyl (C=O) groups excluding carboxylic acids is 1. The van der Waals surface area contributed by atoms with Gasteiger partial charge in [-0.05, 0) is 25.7 Å². The van der Waals surface area contributed by atoms with Crippen LogP contribution in [0.15, 0.2) is 0 Å². The smallest absolute Gasteiger partial charge is 0.307 e. The number of nitrogens with zero attached hydrogens (tertiary/aromatic N) is 3. The number of aromatic nitrogens is 3. The lowest BCUT2D eigenvalue weighted by molar-refractivity contribution is -0.148. The number of aliphatic carboxylic acids is 1. The van der Waals surface area contributed by atoms with Crippen molar-refractivity contribution in [1.82, 2.24) is 20.1 Å². The van der Waals surface area contributed by atoms with Crippen LogP contribution in [0.1, 0.15) is 37.8 Å². The van der Waals surface area contributed by atoms with Gasteiger partial charge in [-0.15, -0.1) is 0 Å². The minimum Gasteiger partial charge on any atom is -0.481 e. The van der Waals surface area contributed by atoms with Crippen molar-refractivity contribution < 1.29 is 14.7 Å². The van der Waals surface area contributed by atoms with Crippen molar-refractivity contribution in [3.8, 4) is 0 Å². The number of H-pyrrole nitrogens is 1. The Morgan fingerprint density at radius 2 is 2.05 bits per heavy atom. The molecule has 0 aliphatic heterocycles. The van der Waals surface area contributed by atoms with Gasteiger partial charge in [-0.1, -0.05) is 13.3 Å². The highest BCUT2D eigenvalue weighted by molar-refractivity contribution is 5.85. The largest absolute Gasteiger partial charge is 0.481 e. The molecule has 7 heteroatoms. The summed E-state index contributed by atoms with van der Waals surface area (Å²) in [6, 6.07) is 0. The third kappa shape index (κ3) is 3.40. The number of aromatic amines is 1. The van der Waals surface area contributed by atoms with Gasteiger partial charge in [0.15, 0.2) is 5.82 Å². The molecule has 7 nitrogen and oxygen atoms in total. The van der Waals surface area contributed by atoms with Gasteiger partial charge in [-0.25, -0.2) is 4.98 Å². The van der Waals surface area contributed by atoms with E-state index in [4.69, 9.17) is 0 Å². The van der Waals surface area contributed by atoms with Crippen molar-refractivity contribution in [1.29, 1.82) is 0 Å². The molecule has 0 saturated heterocycles. The summed E-state index contributed by atoms with van der Waals surface area (Å²) in [5, 5.41) is 16.1. The first kappa shape index (κ1) is 15.5. The zero-order valence-corrected chi connectivity index (χ0v) is 12.7. The summed E-state index contributed by atoms with van der Waals surface area (Å²) >= 11 is 0. The molecule has 0 spiro atoms. The van der Waals surface area contributed by atoms with Gasteiger partial charge < -0.3 is 10.0 Å². The number of carbonyl (C=O) groups is 2. The first-order valence-corrected chi connectivity index (χ1v) is 7.28. The Labute approximate surface area is 123 Å². The fraction of sp³-hybridized carbons (Fsp3) is 0.714. The van der Waals surface area contributed by atoms with E-state index in [1.807, 2.05) is 6.92 Å². The van der Waals surface area contributed by atoms with Crippen LogP contribution in [0.25, 0.3) is 0 Å². The minimum atomic E-state index is -0.869. The molecule has 0 aromatic carbocycles. The Kier molecular flexibility index (Phi) is 4.59. The van der Waals surface area contributed by atoms with Crippen molar-refractivity contribution in [2.24, 2.45) is 17.8 Å². The Morgan fingerprint density at radius 3 is 2.57 bits per heavy atom. The van der Waals surface area contributed by atoms with Crippen LogP contribution >= 0.6 is 0 Å². The van der Waals surface area contributed by atoms with Gasteiger partial charge in [-0.3, -0.25) is 14.7 Å². The summed E-state index contributed by atoms with van der Waals surface area (Å²) in [4.78, 5) is 29.6. The van der Waals surface area contributed by atoms with Crippen molar-refractivity contribution in [2.75, 3.05) is 7.05 Å². The Bertz CT molecular complexity index is 528. The summed E-state index contributed by atoms with van der Waals surface area (Å²) in [5.74, 6) is -0.441. The summed E-state index contributed by atoms with van der Waals surface area (Å²) < 4.78 is 0. The molecule has 21 heavy (non-hydrogen) atoms. The maximum atomic E-state index is 12.5. The second-order valence-electron chi connectivity index (χ2n) is 5.83. The second-order valence-corrected chi connectivity index (χ2v) is 5.83. The lowest BCUT2D eigenvalue weighted by Gasteiger charge is -2.22. The molecular formula is C14H22N4O3. The number of nitrogens with one attached hydrogen (secondary N) is 1. The van der Waals surface area contributed by atoms with Gasteiger partial charge in [-0.2, -0.15) is 5.10 Å². The fourth-order valence-corrected chi connectivity index (χ4v) is 3.06. The van der Waals surface area contributed by atoms with Crippen molar-refractivity contribution in [3.63, 3.8) is 0 Å². The molecule has 116 valence electrons. The molecule has 1 fully saturated rings. The molecule has 1 heterocycles. The van der Waals surface area contributed by atoms with Gasteiger partial charge >= 0.3 is 5.97 Å². The monoisotopic (exact) mass is 294 g/mol. The Balaban J connectivity index is 2.05. The third-order valence-corrected chi connectivity index (χ3v) is 4.27. The molecule has 0 bridgehead atoms. The standard InChI is InChI=1S/C14H22N4O3/c1-4-9-5-10(11(6-9)14(20)21)13(19)18(3)7-12-15-8(2)16-17-12/h9-11H,4-7H2,1-3H3,(H,20,21)(H,15,16,17)/t9?,10-,11+/m0/s1. The van der Waals surface area contributed by atoms with Crippen LogP contribution in [0.5, 0.6) is 0 Å². The van der Waals surface area contributed by atoms with Crippen LogP contribution in [0.3, 0.4) is 0 Å². The van der Waals surface area contributed by atoms with Gasteiger partial charge in [0.25, 0.3) is 0 Å². The number of rotatable bonds is 5. The molecule has 1 unspecified atom stereocenters. The predicted octanol–water partition coefficient (Wildman–Crippen LogP) is 1.21. The van der Waals surface area contributed by atoms with E-state index < -0.39 is 17.8 Å². The molecule has 0 radical (unpaired) electrons. The highest BCUT2D eigenvalue weighted by atomic mass is 16.4. The SMILES string of the molecule is CCC1C[C@H](C(=O)N(C)Cc2n[nH]c(C)n2)[C@H](C(=O)O)C1. The second kappa shape index (κ2) is 6.24. The fourth-order valence-electron chi connectivity index (χ4n) is 3.06. The van der Waals surface area contributed by atoms with Gasteiger partial charge in [0, 0.05) is 7.05 Å². The Morgan fingerprint density at radius 1 is 1.38 bits per heavy atom. The molecule has 3 atom stereocenters. The van der Waals surface area contributed by atoms with Crippen LogP contribution in [0.2, 0.25) is 0 Å². The number of aryl methyl sites for hydroxylation is 1. The molecule has 2 N–H and O–H groups in total. The highest BCUT2D eigenvalue weighted by Gasteiger charge is 2.43. The number of carboxylic acid groups (broad SMARTS) is 1.